The van der Waals surface area contributed by atoms with Crippen molar-refractivity contribution in [3.05, 3.63) is 54.1 Å². The quantitative estimate of drug-likeness (QED) is 0.328. The molecule has 5 rings (SSSR count). The highest BCUT2D eigenvalue weighted by molar-refractivity contribution is 6.00. The molecule has 10 heteroatoms. The number of carbonyl (C=O) groups excluding carboxylic acids is 2. The van der Waals surface area contributed by atoms with Crippen LogP contribution in [0.2, 0.25) is 0 Å². The summed E-state index contributed by atoms with van der Waals surface area (Å²) in [6.07, 6.45) is 3.75. The number of hydrogen-bond donors (Lipinski definition) is 5. The van der Waals surface area contributed by atoms with Crippen LogP contribution >= 0.6 is 0 Å². The van der Waals surface area contributed by atoms with Gasteiger partial charge in [-0.15, -0.1) is 0 Å². The van der Waals surface area contributed by atoms with E-state index in [-0.39, 0.29) is 18.9 Å². The number of rotatable bonds is 8. The van der Waals surface area contributed by atoms with Gasteiger partial charge in [0, 0.05) is 12.6 Å². The van der Waals surface area contributed by atoms with Crippen LogP contribution in [0.4, 0.5) is 16.4 Å². The van der Waals surface area contributed by atoms with Gasteiger partial charge >= 0.3 is 12.0 Å². The molecule has 5 N–H and O–H groups in total. The normalized spacial score (nSPS) is 21.5. The molecule has 3 aromatic rings. The molecule has 2 aromatic carbocycles. The van der Waals surface area contributed by atoms with Gasteiger partial charge in [-0.05, 0) is 55.4 Å². The zero-order valence-corrected chi connectivity index (χ0v) is 19.9. The van der Waals surface area contributed by atoms with Crippen LogP contribution in [0.1, 0.15) is 43.7 Å². The molecule has 0 spiro atoms. The molecule has 2 heterocycles. The molecule has 2 aliphatic rings. The molecule has 1 aromatic heterocycles. The fourth-order valence-corrected chi connectivity index (χ4v) is 5.12. The largest absolute Gasteiger partial charge is 0.481 e. The van der Waals surface area contributed by atoms with E-state index in [1.54, 1.807) is 24.3 Å². The van der Waals surface area contributed by atoms with Gasteiger partial charge in [0.15, 0.2) is 0 Å². The van der Waals surface area contributed by atoms with Crippen molar-refractivity contribution in [1.29, 1.82) is 0 Å². The number of aromatic amines is 1. The lowest BCUT2D eigenvalue weighted by atomic mass is 9.86. The highest BCUT2D eigenvalue weighted by Crippen LogP contribution is 2.32. The molecule has 0 radical (unpaired) electrons. The van der Waals surface area contributed by atoms with Gasteiger partial charge in [0.1, 0.15) is 6.54 Å². The number of urea groups is 1. The van der Waals surface area contributed by atoms with Crippen LogP contribution in [0.25, 0.3) is 11.0 Å². The second kappa shape index (κ2) is 10.3. The van der Waals surface area contributed by atoms with E-state index in [0.29, 0.717) is 29.8 Å². The Morgan fingerprint density at radius 1 is 1.06 bits per heavy atom. The molecule has 1 fully saturated rings. The average molecular weight is 491 g/mol. The van der Waals surface area contributed by atoms with Gasteiger partial charge in [0.2, 0.25) is 11.9 Å². The molecule has 188 valence electrons. The fraction of sp³-hybridized carbons (Fsp3) is 0.385. The van der Waals surface area contributed by atoms with Gasteiger partial charge in [-0.25, -0.2) is 9.78 Å². The molecule has 1 aliphatic carbocycles. The van der Waals surface area contributed by atoms with Crippen molar-refractivity contribution in [2.45, 2.75) is 44.2 Å². The first-order valence-electron chi connectivity index (χ1n) is 12.3. The van der Waals surface area contributed by atoms with E-state index in [1.807, 2.05) is 24.3 Å². The number of aromatic nitrogens is 2. The summed E-state index contributed by atoms with van der Waals surface area (Å²) in [5.41, 5.74) is 3.22. The molecular formula is C26H30N6O4. The van der Waals surface area contributed by atoms with E-state index in [0.717, 1.165) is 42.7 Å². The molecule has 0 saturated heterocycles. The van der Waals surface area contributed by atoms with Gasteiger partial charge in [-0.2, -0.15) is 0 Å². The van der Waals surface area contributed by atoms with Crippen LogP contribution in [0.3, 0.4) is 0 Å². The lowest BCUT2D eigenvalue weighted by Crippen LogP contribution is -2.51. The predicted molar refractivity (Wildman–Crippen MR) is 136 cm³/mol. The third-order valence-corrected chi connectivity index (χ3v) is 6.99. The number of amides is 3. The Morgan fingerprint density at radius 2 is 1.81 bits per heavy atom. The number of anilines is 2. The Balaban J connectivity index is 1.10. The van der Waals surface area contributed by atoms with Crippen molar-refractivity contribution in [3.8, 4) is 0 Å². The molecule has 1 atom stereocenters. The molecule has 36 heavy (non-hydrogen) atoms. The van der Waals surface area contributed by atoms with E-state index in [9.17, 15) is 14.4 Å². The van der Waals surface area contributed by atoms with Crippen LogP contribution in [-0.4, -0.2) is 52.1 Å². The fourth-order valence-electron chi connectivity index (χ4n) is 5.12. The monoisotopic (exact) mass is 490 g/mol. The Hall–Kier alpha value is -4.08. The number of benzene rings is 2. The summed E-state index contributed by atoms with van der Waals surface area (Å²) in [6, 6.07) is 14.3. The van der Waals surface area contributed by atoms with Gasteiger partial charge in [-0.1, -0.05) is 30.3 Å². The molecule has 1 unspecified atom stereocenters. The van der Waals surface area contributed by atoms with Crippen LogP contribution in [0, 0.1) is 5.92 Å². The highest BCUT2D eigenvalue weighted by atomic mass is 16.4. The second-order valence-corrected chi connectivity index (χ2v) is 9.51. The number of fused-ring (bicyclic) bond motifs is 2. The maximum absolute atomic E-state index is 12.7. The number of nitrogens with one attached hydrogen (secondary N) is 4. The second-order valence-electron chi connectivity index (χ2n) is 9.51. The molecule has 1 saturated carbocycles. The summed E-state index contributed by atoms with van der Waals surface area (Å²) in [5.74, 6) is -0.0632. The first kappa shape index (κ1) is 23.7. The van der Waals surface area contributed by atoms with Crippen LogP contribution in [-0.2, 0) is 9.59 Å². The van der Waals surface area contributed by atoms with E-state index < -0.39 is 18.0 Å². The lowest BCUT2D eigenvalue weighted by Gasteiger charge is -2.34. The molecular weight excluding hydrogens is 460 g/mol. The first-order valence-corrected chi connectivity index (χ1v) is 12.3. The summed E-state index contributed by atoms with van der Waals surface area (Å²) in [6.45, 7) is 0.445. The lowest BCUT2D eigenvalue weighted by molar-refractivity contribution is -0.137. The van der Waals surface area contributed by atoms with Gasteiger partial charge in [-0.3, -0.25) is 14.5 Å². The third-order valence-electron chi connectivity index (χ3n) is 6.99. The van der Waals surface area contributed by atoms with Crippen LogP contribution < -0.4 is 20.9 Å². The Kier molecular flexibility index (Phi) is 6.75. The summed E-state index contributed by atoms with van der Waals surface area (Å²) in [7, 11) is 0. The first-order chi connectivity index (χ1) is 17.5. The molecule has 0 bridgehead atoms. The number of carbonyl (C=O) groups is 3. The predicted octanol–water partition coefficient (Wildman–Crippen LogP) is 3.40. The number of hydrogen-bond acceptors (Lipinski definition) is 5. The minimum atomic E-state index is -0.996. The number of imidazole rings is 1. The Morgan fingerprint density at radius 3 is 2.58 bits per heavy atom. The maximum Gasteiger partial charge on any atom is 0.322 e. The Labute approximate surface area is 208 Å². The zero-order valence-electron chi connectivity index (χ0n) is 19.9. The smallest absolute Gasteiger partial charge is 0.322 e. The number of H-pyrrole nitrogens is 1. The average Bonchev–Trinajstić information content (AvgIpc) is 3.28. The van der Waals surface area contributed by atoms with E-state index in [4.69, 9.17) is 5.11 Å². The number of nitrogens with zero attached hydrogens (tertiary/aromatic N) is 2. The minimum absolute atomic E-state index is 0.119. The van der Waals surface area contributed by atoms with Gasteiger partial charge in [0.05, 0.1) is 29.2 Å². The number of aliphatic carboxylic acids is 1. The molecule has 3 amide bonds. The minimum Gasteiger partial charge on any atom is -0.481 e. The Bertz CT molecular complexity index is 1230. The van der Waals surface area contributed by atoms with Crippen molar-refractivity contribution in [2.75, 3.05) is 23.3 Å². The summed E-state index contributed by atoms with van der Waals surface area (Å²) >= 11 is 0. The standard InChI is InChI=1S/C26H30N6O4/c33-23(15-32-22-8-4-1-5-18(22)21(13-24(34)35)31-26(32)36)27-14-16-9-11-17(12-10-16)28-25-29-19-6-2-3-7-20(19)30-25/h1-8,16-17,21H,9-15H2,(H,27,33)(H,31,36)(H,34,35)(H2,28,29,30). The van der Waals surface area contributed by atoms with Crippen molar-refractivity contribution >= 4 is 40.6 Å². The number of carboxylic acid groups (broad SMARTS) is 1. The van der Waals surface area contributed by atoms with Gasteiger partial charge < -0.3 is 26.0 Å². The summed E-state index contributed by atoms with van der Waals surface area (Å²) in [4.78, 5) is 45.8. The summed E-state index contributed by atoms with van der Waals surface area (Å²) in [5, 5.41) is 18.4. The van der Waals surface area contributed by atoms with E-state index in [1.165, 1.54) is 4.90 Å². The van der Waals surface area contributed by atoms with Crippen LogP contribution in [0.5, 0.6) is 0 Å². The van der Waals surface area contributed by atoms with Crippen molar-refractivity contribution in [3.63, 3.8) is 0 Å². The number of para-hydroxylation sites is 3. The van der Waals surface area contributed by atoms with E-state index in [2.05, 4.69) is 25.9 Å². The van der Waals surface area contributed by atoms with Crippen molar-refractivity contribution < 1.29 is 19.5 Å². The molecule has 10 nitrogen and oxygen atoms in total. The highest BCUT2D eigenvalue weighted by Gasteiger charge is 2.33. The van der Waals surface area contributed by atoms with Crippen LogP contribution in [0.15, 0.2) is 48.5 Å². The molecule has 1 aliphatic heterocycles. The SMILES string of the molecule is O=C(O)CC1NC(=O)N(CC(=O)NCC2CCC(Nc3nc4ccccc4[nH]3)CC2)c2ccccc21. The van der Waals surface area contributed by atoms with Crippen molar-refractivity contribution in [1.82, 2.24) is 20.6 Å². The van der Waals surface area contributed by atoms with Crippen molar-refractivity contribution in [2.24, 2.45) is 5.92 Å². The summed E-state index contributed by atoms with van der Waals surface area (Å²) < 4.78 is 0. The topological polar surface area (TPSA) is 139 Å². The zero-order chi connectivity index (χ0) is 25.1. The number of carboxylic acids is 1. The van der Waals surface area contributed by atoms with Gasteiger partial charge in [0.25, 0.3) is 0 Å². The van der Waals surface area contributed by atoms with E-state index >= 15 is 0 Å². The third kappa shape index (κ3) is 5.27. The maximum atomic E-state index is 12.7.